The van der Waals surface area contributed by atoms with Gasteiger partial charge in [0.15, 0.2) is 0 Å². The predicted octanol–water partition coefficient (Wildman–Crippen LogP) is 3.11. The molecule has 3 aromatic rings. The van der Waals surface area contributed by atoms with Gasteiger partial charge in [-0.3, -0.25) is 4.79 Å². The molecule has 0 saturated carbocycles. The average molecular weight is 307 g/mol. The van der Waals surface area contributed by atoms with Gasteiger partial charge in [0.2, 0.25) is 11.4 Å². The lowest BCUT2D eigenvalue weighted by Crippen LogP contribution is -2.04. The van der Waals surface area contributed by atoms with Crippen molar-refractivity contribution in [2.24, 2.45) is 0 Å². The molecule has 8 heteroatoms. The number of nitrogens with zero attached hydrogens (tertiary/aromatic N) is 2. The average Bonchev–Trinajstić information content (AvgIpc) is 2.97. The van der Waals surface area contributed by atoms with Gasteiger partial charge in [0.25, 0.3) is 5.89 Å². The van der Waals surface area contributed by atoms with Crippen LogP contribution in [0.2, 0.25) is 0 Å². The first-order valence-corrected chi connectivity index (χ1v) is 6.14. The number of aromatic amines is 1. The Morgan fingerprint density at radius 1 is 1.09 bits per heavy atom. The molecule has 0 saturated heterocycles. The van der Waals surface area contributed by atoms with Gasteiger partial charge in [0, 0.05) is 17.8 Å². The normalized spacial score (nSPS) is 11.6. The van der Waals surface area contributed by atoms with Gasteiger partial charge in [0.1, 0.15) is 0 Å². The highest BCUT2D eigenvalue weighted by atomic mass is 19.4. The second kappa shape index (κ2) is 5.14. The van der Waals surface area contributed by atoms with E-state index in [1.165, 1.54) is 30.5 Å². The number of rotatable bonds is 2. The number of pyridine rings is 1. The molecule has 3 rings (SSSR count). The maximum Gasteiger partial charge on any atom is 0.416 e. The van der Waals surface area contributed by atoms with E-state index in [-0.39, 0.29) is 22.8 Å². The van der Waals surface area contributed by atoms with Crippen LogP contribution in [0.4, 0.5) is 13.2 Å². The summed E-state index contributed by atoms with van der Waals surface area (Å²) < 4.78 is 43.1. The van der Waals surface area contributed by atoms with Gasteiger partial charge in [-0.25, -0.2) is 0 Å². The van der Waals surface area contributed by atoms with Gasteiger partial charge in [0.05, 0.1) is 11.1 Å². The van der Waals surface area contributed by atoms with Crippen LogP contribution in [0.25, 0.3) is 22.8 Å². The summed E-state index contributed by atoms with van der Waals surface area (Å²) in [7, 11) is 0. The highest BCUT2D eigenvalue weighted by molar-refractivity contribution is 5.59. The third-order valence-electron chi connectivity index (χ3n) is 2.91. The van der Waals surface area contributed by atoms with Crippen molar-refractivity contribution in [3.8, 4) is 22.8 Å². The van der Waals surface area contributed by atoms with Crippen LogP contribution < -0.4 is 5.56 Å². The van der Waals surface area contributed by atoms with Crippen molar-refractivity contribution in [3.63, 3.8) is 0 Å². The fraction of sp³-hybridized carbons (Fsp3) is 0.0714. The van der Waals surface area contributed by atoms with Gasteiger partial charge in [-0.1, -0.05) is 17.3 Å². The molecule has 0 radical (unpaired) electrons. The minimum absolute atomic E-state index is 0.0345. The van der Waals surface area contributed by atoms with Gasteiger partial charge in [-0.2, -0.15) is 18.2 Å². The van der Waals surface area contributed by atoms with Crippen LogP contribution in [0.15, 0.2) is 51.9 Å². The van der Waals surface area contributed by atoms with E-state index >= 15 is 0 Å². The molecule has 5 nitrogen and oxygen atoms in total. The van der Waals surface area contributed by atoms with Crippen molar-refractivity contribution >= 4 is 0 Å². The maximum absolute atomic E-state index is 12.7. The standard InChI is InChI=1S/C14H8F3N3O2/c15-14(16,17)10-3-1-2-8(6-10)12-19-13(22-20-12)9-4-5-11(21)18-7-9/h1-7H,(H,18,21). The molecule has 2 aromatic heterocycles. The maximum atomic E-state index is 12.7. The molecule has 2 heterocycles. The number of H-pyrrole nitrogens is 1. The zero-order valence-electron chi connectivity index (χ0n) is 10.9. The molecule has 0 fully saturated rings. The second-order valence-corrected chi connectivity index (χ2v) is 4.44. The SMILES string of the molecule is O=c1ccc(-c2nc(-c3cccc(C(F)(F)F)c3)no2)c[nH]1. The minimum atomic E-state index is -4.44. The minimum Gasteiger partial charge on any atom is -0.334 e. The van der Waals surface area contributed by atoms with E-state index in [0.29, 0.717) is 5.56 Å². The van der Waals surface area contributed by atoms with Gasteiger partial charge >= 0.3 is 6.18 Å². The van der Waals surface area contributed by atoms with Gasteiger partial charge < -0.3 is 9.51 Å². The first-order chi connectivity index (χ1) is 10.4. The van der Waals surface area contributed by atoms with Crippen LogP contribution in [0, 0.1) is 0 Å². The van der Waals surface area contributed by atoms with Crippen LogP contribution in [0.3, 0.4) is 0 Å². The van der Waals surface area contributed by atoms with E-state index in [4.69, 9.17) is 4.52 Å². The molecule has 112 valence electrons. The molecule has 0 bridgehead atoms. The Kier molecular flexibility index (Phi) is 3.28. The van der Waals surface area contributed by atoms with Crippen LogP contribution in [0.1, 0.15) is 5.56 Å². The number of nitrogens with one attached hydrogen (secondary N) is 1. The van der Waals surface area contributed by atoms with E-state index in [9.17, 15) is 18.0 Å². The number of halogens is 3. The summed E-state index contributed by atoms with van der Waals surface area (Å²) in [6, 6.07) is 7.39. The first-order valence-electron chi connectivity index (χ1n) is 6.14. The fourth-order valence-electron chi connectivity index (χ4n) is 1.84. The summed E-state index contributed by atoms with van der Waals surface area (Å²) in [6.07, 6.45) is -3.06. The lowest BCUT2D eigenvalue weighted by molar-refractivity contribution is -0.137. The molecule has 0 aliphatic rings. The lowest BCUT2D eigenvalue weighted by Gasteiger charge is -2.06. The Balaban J connectivity index is 1.97. The smallest absolute Gasteiger partial charge is 0.334 e. The van der Waals surface area contributed by atoms with Crippen molar-refractivity contribution in [3.05, 3.63) is 58.5 Å². The molecule has 1 aromatic carbocycles. The molecular formula is C14H8F3N3O2. The second-order valence-electron chi connectivity index (χ2n) is 4.44. The molecule has 0 aliphatic heterocycles. The molecule has 0 amide bonds. The largest absolute Gasteiger partial charge is 0.416 e. The number of hydrogen-bond acceptors (Lipinski definition) is 4. The highest BCUT2D eigenvalue weighted by Gasteiger charge is 2.30. The number of hydrogen-bond donors (Lipinski definition) is 1. The number of aromatic nitrogens is 3. The summed E-state index contributed by atoms with van der Waals surface area (Å²) in [6.45, 7) is 0. The first kappa shape index (κ1) is 14.1. The topological polar surface area (TPSA) is 71.8 Å². The fourth-order valence-corrected chi connectivity index (χ4v) is 1.84. The quantitative estimate of drug-likeness (QED) is 0.789. The van der Waals surface area contributed by atoms with E-state index in [1.807, 2.05) is 0 Å². The molecule has 0 aliphatic carbocycles. The third kappa shape index (κ3) is 2.76. The van der Waals surface area contributed by atoms with Crippen LogP contribution in [0.5, 0.6) is 0 Å². The Bertz CT molecular complexity index is 848. The summed E-state index contributed by atoms with van der Waals surface area (Å²) in [5, 5.41) is 3.66. The Labute approximate surface area is 121 Å². The van der Waals surface area contributed by atoms with E-state index in [1.54, 1.807) is 0 Å². The molecule has 22 heavy (non-hydrogen) atoms. The number of alkyl halides is 3. The summed E-state index contributed by atoms with van der Waals surface area (Å²) in [4.78, 5) is 17.5. The van der Waals surface area contributed by atoms with Gasteiger partial charge in [-0.15, -0.1) is 0 Å². The highest BCUT2D eigenvalue weighted by Crippen LogP contribution is 2.31. The monoisotopic (exact) mass is 307 g/mol. The number of benzene rings is 1. The lowest BCUT2D eigenvalue weighted by atomic mass is 10.1. The molecular weight excluding hydrogens is 299 g/mol. The molecule has 1 N–H and O–H groups in total. The van der Waals surface area contributed by atoms with Crippen LogP contribution in [-0.2, 0) is 6.18 Å². The van der Waals surface area contributed by atoms with Crippen molar-refractivity contribution in [1.82, 2.24) is 15.1 Å². The van der Waals surface area contributed by atoms with E-state index in [0.717, 1.165) is 12.1 Å². The zero-order valence-corrected chi connectivity index (χ0v) is 10.9. The Morgan fingerprint density at radius 3 is 2.59 bits per heavy atom. The van der Waals surface area contributed by atoms with Crippen molar-refractivity contribution in [2.75, 3.05) is 0 Å². The van der Waals surface area contributed by atoms with E-state index in [2.05, 4.69) is 15.1 Å². The predicted molar refractivity (Wildman–Crippen MR) is 70.8 cm³/mol. The molecule has 0 atom stereocenters. The molecule has 0 unspecified atom stereocenters. The van der Waals surface area contributed by atoms with Crippen molar-refractivity contribution in [2.45, 2.75) is 6.18 Å². The van der Waals surface area contributed by atoms with Crippen LogP contribution in [-0.4, -0.2) is 15.1 Å². The Hall–Kier alpha value is -2.90. The van der Waals surface area contributed by atoms with E-state index < -0.39 is 11.7 Å². The van der Waals surface area contributed by atoms with Crippen molar-refractivity contribution in [1.29, 1.82) is 0 Å². The van der Waals surface area contributed by atoms with Crippen LogP contribution >= 0.6 is 0 Å². The molecule has 0 spiro atoms. The van der Waals surface area contributed by atoms with Crippen molar-refractivity contribution < 1.29 is 17.7 Å². The summed E-state index contributed by atoms with van der Waals surface area (Å²) >= 11 is 0. The summed E-state index contributed by atoms with van der Waals surface area (Å²) in [5.41, 5.74) is -0.429. The van der Waals surface area contributed by atoms with Gasteiger partial charge in [-0.05, 0) is 18.2 Å². The zero-order chi connectivity index (χ0) is 15.7. The third-order valence-corrected chi connectivity index (χ3v) is 2.91. The Morgan fingerprint density at radius 2 is 1.91 bits per heavy atom. The summed E-state index contributed by atoms with van der Waals surface area (Å²) in [5.74, 6) is 0.135.